The Kier molecular flexibility index (Phi) is 10.7. The van der Waals surface area contributed by atoms with Gasteiger partial charge in [0.05, 0.1) is 64.0 Å². The quantitative estimate of drug-likeness (QED) is 0.170. The van der Waals surface area contributed by atoms with Crippen LogP contribution in [0.3, 0.4) is 0 Å². The maximum Gasteiger partial charge on any atom is 0.264 e. The number of carbonyl (C=O) groups is 3. The van der Waals surface area contributed by atoms with Gasteiger partial charge in [0.25, 0.3) is 5.91 Å². The van der Waals surface area contributed by atoms with E-state index in [2.05, 4.69) is 48.1 Å². The van der Waals surface area contributed by atoms with Crippen LogP contribution in [0.4, 0.5) is 11.4 Å². The average molecular weight is 850 g/mol. The molecule has 0 bridgehead atoms. The molecule has 2 saturated heterocycles. The Balaban J connectivity index is 1.13. The topological polar surface area (TPSA) is 112 Å². The van der Waals surface area contributed by atoms with Gasteiger partial charge in [0.15, 0.2) is 5.60 Å². The fourth-order valence-corrected chi connectivity index (χ4v) is 14.2. The van der Waals surface area contributed by atoms with E-state index in [1.54, 1.807) is 12.0 Å². The highest BCUT2D eigenvalue weighted by molar-refractivity contribution is 9.10. The average Bonchev–Trinajstić information content (AvgIpc) is 3.89. The van der Waals surface area contributed by atoms with E-state index in [-0.39, 0.29) is 54.8 Å². The number of aliphatic hydroxyl groups is 1. The second kappa shape index (κ2) is 15.6. The van der Waals surface area contributed by atoms with Crippen LogP contribution in [-0.2, 0) is 31.3 Å². The molecule has 3 amide bonds. The molecule has 4 aromatic carbocycles. The van der Waals surface area contributed by atoms with Crippen molar-refractivity contribution in [3.8, 4) is 5.75 Å². The molecule has 0 aliphatic carbocycles. The zero-order chi connectivity index (χ0) is 40.1. The molecule has 4 aliphatic heterocycles. The minimum atomic E-state index is -2.48. The number of anilines is 2. The standard InChI is InChI=1S/C45H49BrN4O6Si/c1-29-43(57(3,4)36-19-17-35(55-2)18-20-36)40(26-42(53)48-24-8-11-34(48)28-51)56-45(29)37-25-32(46)14-22-39(37)49(44(45)54)27-30-12-15-33(16-13-30)50-41(52)23-21-38(47-50)31-9-6-5-7-10-31/h5-7,9-10,12-20,22,25,29,34,40,43,51H,8,11,21,23-24,26-28H2,1-4H3/t29-,34+,40+,43-,45+/m1/s1. The van der Waals surface area contributed by atoms with Crippen molar-refractivity contribution in [3.05, 3.63) is 118 Å². The number of benzene rings is 4. The van der Waals surface area contributed by atoms with Crippen molar-refractivity contribution in [1.29, 1.82) is 0 Å². The highest BCUT2D eigenvalue weighted by atomic mass is 79.9. The summed E-state index contributed by atoms with van der Waals surface area (Å²) in [6, 6.07) is 31.5. The van der Waals surface area contributed by atoms with Gasteiger partial charge in [-0.05, 0) is 72.0 Å². The third-order valence-corrected chi connectivity index (χ3v) is 17.6. The minimum Gasteiger partial charge on any atom is -0.497 e. The molecular weight excluding hydrogens is 801 g/mol. The first kappa shape index (κ1) is 39.2. The Bertz CT molecular complexity index is 2200. The van der Waals surface area contributed by atoms with Crippen molar-refractivity contribution < 1.29 is 29.0 Å². The van der Waals surface area contributed by atoms with Gasteiger partial charge in [-0.1, -0.05) is 95.7 Å². The Morgan fingerprint density at radius 2 is 1.74 bits per heavy atom. The molecular formula is C45H49BrN4O6Si. The molecule has 4 heterocycles. The summed E-state index contributed by atoms with van der Waals surface area (Å²) in [5.74, 6) is 0.235. The SMILES string of the molecule is COc1ccc([Si](C)(C)[C@H]2[C@H](CC(=O)N3CCC[C@H]3CO)O[C@@]3(C(=O)N(Cc4ccc(N5N=C(c6ccccc6)CCC5=O)cc4)c4ccc(Br)cc43)[C@@H]2C)cc1. The Morgan fingerprint density at radius 3 is 2.44 bits per heavy atom. The highest BCUT2D eigenvalue weighted by Gasteiger charge is 2.66. The van der Waals surface area contributed by atoms with E-state index < -0.39 is 19.8 Å². The fourth-order valence-electron chi connectivity index (χ4n) is 9.80. The summed E-state index contributed by atoms with van der Waals surface area (Å²) in [6.45, 7) is 7.57. The fraction of sp³-hybridized carbons (Fsp3) is 0.378. The van der Waals surface area contributed by atoms with Crippen molar-refractivity contribution >= 4 is 64.0 Å². The van der Waals surface area contributed by atoms with E-state index in [9.17, 15) is 14.7 Å². The monoisotopic (exact) mass is 848 g/mol. The number of halogens is 1. The van der Waals surface area contributed by atoms with E-state index >= 15 is 4.79 Å². The molecule has 10 nitrogen and oxygen atoms in total. The van der Waals surface area contributed by atoms with Crippen LogP contribution in [0.1, 0.15) is 55.7 Å². The largest absolute Gasteiger partial charge is 0.497 e. The minimum absolute atomic E-state index is 0.0467. The number of nitrogens with zero attached hydrogens (tertiary/aromatic N) is 4. The molecule has 12 heteroatoms. The lowest BCUT2D eigenvalue weighted by molar-refractivity contribution is -0.150. The molecule has 4 aromatic rings. The lowest BCUT2D eigenvalue weighted by Gasteiger charge is -2.37. The zero-order valence-electron chi connectivity index (χ0n) is 32.9. The summed E-state index contributed by atoms with van der Waals surface area (Å²) in [7, 11) is -0.821. The van der Waals surface area contributed by atoms with Crippen LogP contribution in [0.5, 0.6) is 5.75 Å². The van der Waals surface area contributed by atoms with Gasteiger partial charge < -0.3 is 24.4 Å². The van der Waals surface area contributed by atoms with Gasteiger partial charge in [-0.3, -0.25) is 14.4 Å². The number of ether oxygens (including phenoxy) is 2. The predicted molar refractivity (Wildman–Crippen MR) is 227 cm³/mol. The number of hydrogen-bond donors (Lipinski definition) is 1. The molecule has 8 rings (SSSR count). The van der Waals surface area contributed by atoms with Gasteiger partial charge in [0, 0.05) is 35.3 Å². The number of aliphatic hydroxyl groups excluding tert-OH is 1. The van der Waals surface area contributed by atoms with Crippen LogP contribution in [0.15, 0.2) is 107 Å². The first-order chi connectivity index (χ1) is 27.5. The maximum atomic E-state index is 15.3. The molecule has 4 aliphatic rings. The Morgan fingerprint density at radius 1 is 1.00 bits per heavy atom. The summed E-state index contributed by atoms with van der Waals surface area (Å²) in [5.41, 5.74) is 3.56. The van der Waals surface area contributed by atoms with E-state index in [1.165, 1.54) is 10.2 Å². The summed E-state index contributed by atoms with van der Waals surface area (Å²) in [4.78, 5) is 46.1. The van der Waals surface area contributed by atoms with E-state index in [0.29, 0.717) is 25.1 Å². The highest BCUT2D eigenvalue weighted by Crippen LogP contribution is 2.60. The first-order valence-corrected chi connectivity index (χ1v) is 23.7. The zero-order valence-corrected chi connectivity index (χ0v) is 35.4. The van der Waals surface area contributed by atoms with Gasteiger partial charge in [-0.15, -0.1) is 0 Å². The summed E-state index contributed by atoms with van der Waals surface area (Å²) in [6.07, 6.45) is 2.18. The molecule has 0 aromatic heterocycles. The normalized spacial score (nSPS) is 24.7. The summed E-state index contributed by atoms with van der Waals surface area (Å²) in [5, 5.41) is 17.5. The molecule has 5 atom stereocenters. The smallest absolute Gasteiger partial charge is 0.264 e. The number of methoxy groups -OCH3 is 1. The molecule has 0 saturated carbocycles. The lowest BCUT2D eigenvalue weighted by atomic mass is 9.82. The van der Waals surface area contributed by atoms with Gasteiger partial charge in [-0.25, -0.2) is 5.01 Å². The molecule has 57 heavy (non-hydrogen) atoms. The van der Waals surface area contributed by atoms with Crippen LogP contribution in [0.25, 0.3) is 0 Å². The summed E-state index contributed by atoms with van der Waals surface area (Å²) < 4.78 is 13.6. The molecule has 1 spiro atoms. The van der Waals surface area contributed by atoms with Gasteiger partial charge in [0.1, 0.15) is 5.75 Å². The lowest BCUT2D eigenvalue weighted by Crippen LogP contribution is -2.52. The van der Waals surface area contributed by atoms with Gasteiger partial charge in [0.2, 0.25) is 11.8 Å². The predicted octanol–water partition coefficient (Wildman–Crippen LogP) is 7.13. The number of carbonyl (C=O) groups excluding carboxylic acids is 3. The maximum absolute atomic E-state index is 15.3. The van der Waals surface area contributed by atoms with E-state index in [1.807, 2.05) is 89.8 Å². The van der Waals surface area contributed by atoms with E-state index in [4.69, 9.17) is 14.6 Å². The molecule has 296 valence electrons. The van der Waals surface area contributed by atoms with Crippen molar-refractivity contribution in [1.82, 2.24) is 4.90 Å². The first-order valence-electron chi connectivity index (χ1n) is 19.9. The van der Waals surface area contributed by atoms with Crippen molar-refractivity contribution in [2.45, 2.75) is 82.0 Å². The van der Waals surface area contributed by atoms with Crippen LogP contribution >= 0.6 is 15.9 Å². The van der Waals surface area contributed by atoms with Crippen LogP contribution < -0.4 is 19.8 Å². The van der Waals surface area contributed by atoms with Gasteiger partial charge >= 0.3 is 0 Å². The third-order valence-electron chi connectivity index (χ3n) is 12.7. The number of rotatable bonds is 10. The second-order valence-electron chi connectivity index (χ2n) is 16.3. The Labute approximate surface area is 343 Å². The summed E-state index contributed by atoms with van der Waals surface area (Å²) >= 11 is 3.70. The number of amides is 3. The van der Waals surface area contributed by atoms with Crippen LogP contribution in [0.2, 0.25) is 18.6 Å². The third kappa shape index (κ3) is 6.94. The van der Waals surface area contributed by atoms with Crippen molar-refractivity contribution in [2.24, 2.45) is 11.0 Å². The Hall–Kier alpha value is -4.62. The molecule has 2 fully saturated rings. The van der Waals surface area contributed by atoms with E-state index in [0.717, 1.165) is 51.2 Å². The molecule has 0 unspecified atom stereocenters. The van der Waals surface area contributed by atoms with Crippen molar-refractivity contribution in [2.75, 3.05) is 30.2 Å². The number of hydrazone groups is 1. The number of likely N-dealkylation sites (tertiary alicyclic amines) is 1. The molecule has 1 N–H and O–H groups in total. The second-order valence-corrected chi connectivity index (χ2v) is 21.9. The van der Waals surface area contributed by atoms with Crippen LogP contribution in [0, 0.1) is 5.92 Å². The van der Waals surface area contributed by atoms with Crippen molar-refractivity contribution in [3.63, 3.8) is 0 Å². The number of hydrogen-bond acceptors (Lipinski definition) is 7. The van der Waals surface area contributed by atoms with Gasteiger partial charge in [-0.2, -0.15) is 5.10 Å². The molecule has 0 radical (unpaired) electrons. The van der Waals surface area contributed by atoms with Crippen LogP contribution in [-0.4, -0.2) is 73.9 Å². The number of fused-ring (bicyclic) bond motifs is 2.